The van der Waals surface area contributed by atoms with Crippen molar-refractivity contribution >= 4 is 5.69 Å². The van der Waals surface area contributed by atoms with E-state index in [2.05, 4.69) is 4.74 Å². The minimum absolute atomic E-state index is 0.00470. The van der Waals surface area contributed by atoms with Crippen molar-refractivity contribution in [1.82, 2.24) is 0 Å². The molecule has 1 N–H and O–H groups in total. The molecular weight excluding hydrogens is 552 g/mol. The molecule has 4 rings (SSSR count). The van der Waals surface area contributed by atoms with Crippen LogP contribution >= 0.6 is 0 Å². The Bertz CT molecular complexity index is 1250. The summed E-state index contributed by atoms with van der Waals surface area (Å²) >= 11 is 0. The van der Waals surface area contributed by atoms with Crippen molar-refractivity contribution in [2.45, 2.75) is 37.3 Å². The molecule has 212 valence electrons. The summed E-state index contributed by atoms with van der Waals surface area (Å²) in [5, 5.41) is 9.85. The van der Waals surface area contributed by atoms with E-state index in [0.717, 1.165) is 17.1 Å². The second-order valence-corrected chi connectivity index (χ2v) is 8.83. The molecule has 0 radical (unpaired) electrons. The van der Waals surface area contributed by atoms with E-state index in [0.29, 0.717) is 12.1 Å². The van der Waals surface area contributed by atoms with Crippen molar-refractivity contribution in [2.24, 2.45) is 5.92 Å². The van der Waals surface area contributed by atoms with Gasteiger partial charge in [0, 0.05) is 11.5 Å². The van der Waals surface area contributed by atoms with Gasteiger partial charge in [-0.15, -0.1) is 0 Å². The number of halogens is 10. The van der Waals surface area contributed by atoms with Crippen LogP contribution in [0.5, 0.6) is 5.75 Å². The van der Waals surface area contributed by atoms with Gasteiger partial charge in [-0.05, 0) is 42.3 Å². The number of ether oxygens (including phenoxy) is 2. The summed E-state index contributed by atoms with van der Waals surface area (Å²) in [6.07, 6.45) is -13.5. The number of fused-ring (bicyclic) bond motifs is 1. The Labute approximate surface area is 214 Å². The van der Waals surface area contributed by atoms with E-state index in [1.807, 2.05) is 0 Å². The molecule has 2 aliphatic rings. The fourth-order valence-corrected chi connectivity index (χ4v) is 4.37. The molecule has 0 bridgehead atoms. The summed E-state index contributed by atoms with van der Waals surface area (Å²) in [5.41, 5.74) is -0.251. The van der Waals surface area contributed by atoms with Gasteiger partial charge in [0.05, 0.1) is 18.3 Å². The third kappa shape index (κ3) is 5.94. The van der Waals surface area contributed by atoms with Gasteiger partial charge in [-0.3, -0.25) is 0 Å². The summed E-state index contributed by atoms with van der Waals surface area (Å²) < 4.78 is 143. The molecule has 0 amide bonds. The van der Waals surface area contributed by atoms with Gasteiger partial charge in [-0.1, -0.05) is 18.2 Å². The Morgan fingerprint density at radius 1 is 1.05 bits per heavy atom. The van der Waals surface area contributed by atoms with Crippen LogP contribution in [-0.2, 0) is 4.74 Å². The molecule has 39 heavy (non-hydrogen) atoms. The maximum Gasteiger partial charge on any atom is 0.461 e. The fourth-order valence-electron chi connectivity index (χ4n) is 4.37. The van der Waals surface area contributed by atoms with Crippen LogP contribution in [0.2, 0.25) is 0 Å². The number of aliphatic hydroxyl groups excluding tert-OH is 1. The van der Waals surface area contributed by atoms with Gasteiger partial charge in [0.2, 0.25) is 0 Å². The molecule has 0 spiro atoms. The highest BCUT2D eigenvalue weighted by atomic mass is 19.4. The molecule has 1 unspecified atom stereocenters. The molecule has 0 aromatic heterocycles. The molecule has 0 saturated carbocycles. The summed E-state index contributed by atoms with van der Waals surface area (Å²) in [6, 6.07) is 4.22. The van der Waals surface area contributed by atoms with Crippen LogP contribution in [0.4, 0.5) is 49.6 Å². The molecule has 0 fully saturated rings. The lowest BCUT2D eigenvalue weighted by Crippen LogP contribution is -2.52. The second kappa shape index (κ2) is 10.6. The van der Waals surface area contributed by atoms with Crippen molar-refractivity contribution < 1.29 is 58.5 Å². The van der Waals surface area contributed by atoms with Crippen LogP contribution in [0.1, 0.15) is 6.42 Å². The SMILES string of the molecule is O[C@H](CN1c2cccc(-c3cc(F)c(F)c(F)c3)c2OCC1[C@@H]1C=C(OC(F)(F)C(F)F)C=CC1)C(F)(F)F. The highest BCUT2D eigenvalue weighted by Gasteiger charge is 2.46. The van der Waals surface area contributed by atoms with Gasteiger partial charge in [0.15, 0.2) is 29.3 Å². The van der Waals surface area contributed by atoms with Gasteiger partial charge in [-0.25, -0.2) is 13.2 Å². The zero-order valence-corrected chi connectivity index (χ0v) is 19.5. The van der Waals surface area contributed by atoms with E-state index in [4.69, 9.17) is 4.74 Å². The third-order valence-corrected chi connectivity index (χ3v) is 6.22. The van der Waals surface area contributed by atoms with Crippen molar-refractivity contribution in [2.75, 3.05) is 18.1 Å². The normalized spacial score (nSPS) is 20.4. The average molecular weight is 571 g/mol. The maximum absolute atomic E-state index is 13.9. The van der Waals surface area contributed by atoms with E-state index >= 15 is 0 Å². The third-order valence-electron chi connectivity index (χ3n) is 6.22. The molecule has 14 heteroatoms. The fraction of sp³-hybridized carbons (Fsp3) is 0.360. The molecule has 2 aromatic rings. The maximum atomic E-state index is 13.9. The van der Waals surface area contributed by atoms with Crippen LogP contribution in [0.25, 0.3) is 11.1 Å². The minimum Gasteiger partial charge on any atom is -0.489 e. The quantitative estimate of drug-likeness (QED) is 0.301. The molecule has 1 aliphatic carbocycles. The first-order valence-electron chi connectivity index (χ1n) is 11.3. The number of hydrogen-bond acceptors (Lipinski definition) is 4. The Morgan fingerprint density at radius 3 is 2.33 bits per heavy atom. The molecule has 0 saturated heterocycles. The number of nitrogens with zero attached hydrogens (tertiary/aromatic N) is 1. The number of β-amino-alcohol motifs (C(OH)–C–C–N with tert-alkyl or cyclic N) is 1. The first kappa shape index (κ1) is 28.6. The van der Waals surface area contributed by atoms with E-state index < -0.39 is 73.1 Å². The van der Waals surface area contributed by atoms with Crippen molar-refractivity contribution in [3.05, 3.63) is 71.8 Å². The molecule has 2 aromatic carbocycles. The van der Waals surface area contributed by atoms with E-state index in [1.54, 1.807) is 0 Å². The van der Waals surface area contributed by atoms with E-state index in [9.17, 15) is 49.0 Å². The van der Waals surface area contributed by atoms with Crippen LogP contribution in [0.15, 0.2) is 54.3 Å². The van der Waals surface area contributed by atoms with Crippen LogP contribution < -0.4 is 9.64 Å². The number of rotatable bonds is 7. The second-order valence-electron chi connectivity index (χ2n) is 8.83. The first-order valence-corrected chi connectivity index (χ1v) is 11.3. The summed E-state index contributed by atoms with van der Waals surface area (Å²) in [7, 11) is 0. The van der Waals surface area contributed by atoms with Crippen LogP contribution in [0.3, 0.4) is 0 Å². The topological polar surface area (TPSA) is 41.9 Å². The Hall–Kier alpha value is -3.42. The van der Waals surface area contributed by atoms with E-state index in [-0.39, 0.29) is 29.0 Å². The summed E-state index contributed by atoms with van der Waals surface area (Å²) in [4.78, 5) is 1.08. The Morgan fingerprint density at radius 2 is 1.72 bits per heavy atom. The lowest BCUT2D eigenvalue weighted by molar-refractivity contribution is -0.280. The van der Waals surface area contributed by atoms with Crippen LogP contribution in [0, 0.1) is 23.4 Å². The van der Waals surface area contributed by atoms with Crippen molar-refractivity contribution in [1.29, 1.82) is 0 Å². The number of anilines is 1. The Kier molecular flexibility index (Phi) is 7.79. The number of hydrogen-bond donors (Lipinski definition) is 1. The molecular formula is C25H19F10NO3. The zero-order valence-electron chi connectivity index (χ0n) is 19.5. The summed E-state index contributed by atoms with van der Waals surface area (Å²) in [6.45, 7) is -1.47. The number of alkyl halides is 7. The number of allylic oxidation sites excluding steroid dienone is 2. The molecule has 3 atom stereocenters. The van der Waals surface area contributed by atoms with Gasteiger partial charge in [0.1, 0.15) is 12.4 Å². The number of para-hydroxylation sites is 1. The van der Waals surface area contributed by atoms with Crippen molar-refractivity contribution in [3.8, 4) is 16.9 Å². The van der Waals surface area contributed by atoms with Gasteiger partial charge in [0.25, 0.3) is 0 Å². The van der Waals surface area contributed by atoms with Crippen molar-refractivity contribution in [3.63, 3.8) is 0 Å². The van der Waals surface area contributed by atoms with Gasteiger partial charge < -0.3 is 19.5 Å². The summed E-state index contributed by atoms with van der Waals surface area (Å²) in [5.74, 6) is -6.46. The first-order chi connectivity index (χ1) is 18.2. The average Bonchev–Trinajstić information content (AvgIpc) is 2.86. The standard InChI is InChI=1S/C25H19F10NO3/c26-16-8-13(9-17(27)21(16)28)15-5-2-6-18-22(15)38-11-19(36(18)10-20(37)24(31,32)33)12-3-1-4-14(7-12)39-25(34,35)23(29)30/h1-2,4-9,12,19-20,23,37H,3,10-11H2/t12-,19?,20+/m0/s1. The Balaban J connectivity index is 1.75. The lowest BCUT2D eigenvalue weighted by atomic mass is 9.89. The molecule has 1 aliphatic heterocycles. The number of benzene rings is 2. The lowest BCUT2D eigenvalue weighted by Gasteiger charge is -2.43. The largest absolute Gasteiger partial charge is 0.489 e. The zero-order chi connectivity index (χ0) is 28.7. The molecule has 4 nitrogen and oxygen atoms in total. The predicted octanol–water partition coefficient (Wildman–Crippen LogP) is 6.60. The van der Waals surface area contributed by atoms with E-state index in [1.165, 1.54) is 24.3 Å². The highest BCUT2D eigenvalue weighted by Crippen LogP contribution is 2.45. The van der Waals surface area contributed by atoms with Gasteiger partial charge in [-0.2, -0.15) is 30.7 Å². The molecule has 1 heterocycles. The van der Waals surface area contributed by atoms with Gasteiger partial charge >= 0.3 is 18.7 Å². The minimum atomic E-state index is -5.06. The number of aliphatic hydroxyl groups is 1. The smallest absolute Gasteiger partial charge is 0.461 e. The predicted molar refractivity (Wildman–Crippen MR) is 118 cm³/mol. The monoisotopic (exact) mass is 571 g/mol. The highest BCUT2D eigenvalue weighted by molar-refractivity contribution is 5.80. The van der Waals surface area contributed by atoms with Crippen LogP contribution in [-0.4, -0.2) is 49.1 Å².